The van der Waals surface area contributed by atoms with E-state index >= 15 is 0 Å². The second-order valence-electron chi connectivity index (χ2n) is 3.39. The molecule has 1 radical (unpaired) electrons. The number of aryl methyl sites for hydroxylation is 1. The highest BCUT2D eigenvalue weighted by atomic mass is 16.3. The average Bonchev–Trinajstić information content (AvgIpc) is 2.05. The van der Waals surface area contributed by atoms with Crippen LogP contribution >= 0.6 is 0 Å². The molecule has 63 valence electrons. The standard InChI is InChI=1S/C10H12NO/c11-9-3-1-8-6-10(12)4-2-7(8)5-9/h2,4,6,9,11-12H,1,3,5H2. The van der Waals surface area contributed by atoms with E-state index in [1.165, 1.54) is 11.1 Å². The van der Waals surface area contributed by atoms with E-state index in [2.05, 4.69) is 0 Å². The Balaban J connectivity index is 2.37. The molecule has 0 heterocycles. The van der Waals surface area contributed by atoms with Gasteiger partial charge in [0.2, 0.25) is 0 Å². The van der Waals surface area contributed by atoms with Crippen LogP contribution in [-0.2, 0) is 12.8 Å². The van der Waals surface area contributed by atoms with Crippen LogP contribution in [0.4, 0.5) is 0 Å². The summed E-state index contributed by atoms with van der Waals surface area (Å²) in [5, 5.41) is 9.21. The molecule has 1 aliphatic carbocycles. The maximum Gasteiger partial charge on any atom is 0.115 e. The monoisotopic (exact) mass is 162 g/mol. The Labute approximate surface area is 72.0 Å². The Morgan fingerprint density at radius 2 is 2.17 bits per heavy atom. The van der Waals surface area contributed by atoms with E-state index in [4.69, 9.17) is 5.73 Å². The Bertz CT molecular complexity index is 296. The summed E-state index contributed by atoms with van der Waals surface area (Å²) in [6, 6.07) is 5.52. The SMILES string of the molecule is [NH]C1CCc2cc(O)ccc2C1. The van der Waals surface area contributed by atoms with Gasteiger partial charge >= 0.3 is 0 Å². The topological polar surface area (TPSA) is 44.0 Å². The summed E-state index contributed by atoms with van der Waals surface area (Å²) < 4.78 is 0. The lowest BCUT2D eigenvalue weighted by molar-refractivity contribution is 0.471. The van der Waals surface area contributed by atoms with Crippen LogP contribution in [0, 0.1) is 0 Å². The third-order valence-electron chi connectivity index (χ3n) is 2.42. The second-order valence-corrected chi connectivity index (χ2v) is 3.39. The number of aromatic hydroxyl groups is 1. The summed E-state index contributed by atoms with van der Waals surface area (Å²) in [7, 11) is 0. The van der Waals surface area contributed by atoms with Gasteiger partial charge < -0.3 is 5.11 Å². The van der Waals surface area contributed by atoms with Crippen LogP contribution in [-0.4, -0.2) is 11.1 Å². The number of hydrogen-bond acceptors (Lipinski definition) is 1. The van der Waals surface area contributed by atoms with Crippen LogP contribution in [0.5, 0.6) is 5.75 Å². The van der Waals surface area contributed by atoms with Crippen LogP contribution in [0.15, 0.2) is 18.2 Å². The highest BCUT2D eigenvalue weighted by molar-refractivity contribution is 5.36. The number of nitrogens with one attached hydrogen (secondary N) is 1. The van der Waals surface area contributed by atoms with Crippen molar-refractivity contribution >= 4 is 0 Å². The Morgan fingerprint density at radius 3 is 3.00 bits per heavy atom. The Hall–Kier alpha value is -1.02. The van der Waals surface area contributed by atoms with Gasteiger partial charge in [0, 0.05) is 6.04 Å². The third kappa shape index (κ3) is 1.30. The fourth-order valence-corrected chi connectivity index (χ4v) is 1.74. The van der Waals surface area contributed by atoms with Crippen molar-refractivity contribution in [1.82, 2.24) is 5.73 Å². The fourth-order valence-electron chi connectivity index (χ4n) is 1.74. The lowest BCUT2D eigenvalue weighted by Crippen LogP contribution is -2.19. The van der Waals surface area contributed by atoms with Crippen molar-refractivity contribution in [2.45, 2.75) is 25.3 Å². The molecule has 1 aliphatic rings. The summed E-state index contributed by atoms with van der Waals surface area (Å²) in [6.07, 6.45) is 2.71. The molecule has 1 aromatic rings. The zero-order valence-corrected chi connectivity index (χ0v) is 6.88. The van der Waals surface area contributed by atoms with Gasteiger partial charge in [0.1, 0.15) is 5.75 Å². The Morgan fingerprint density at radius 1 is 1.33 bits per heavy atom. The van der Waals surface area contributed by atoms with Gasteiger partial charge in [-0.2, -0.15) is 0 Å². The van der Waals surface area contributed by atoms with E-state index in [0.29, 0.717) is 5.75 Å². The van der Waals surface area contributed by atoms with Gasteiger partial charge in [0.25, 0.3) is 0 Å². The lowest BCUT2D eigenvalue weighted by atomic mass is 9.89. The first kappa shape index (κ1) is 7.62. The van der Waals surface area contributed by atoms with Crippen molar-refractivity contribution in [3.63, 3.8) is 0 Å². The number of phenolic OH excluding ortho intramolecular Hbond substituents is 1. The van der Waals surface area contributed by atoms with Crippen molar-refractivity contribution in [2.75, 3.05) is 0 Å². The van der Waals surface area contributed by atoms with Gasteiger partial charge in [-0.15, -0.1) is 0 Å². The number of hydrogen-bond donors (Lipinski definition) is 1. The maximum atomic E-state index is 9.21. The predicted octanol–water partition coefficient (Wildman–Crippen LogP) is 1.53. The molecule has 0 saturated heterocycles. The number of rotatable bonds is 0. The number of benzene rings is 1. The van der Waals surface area contributed by atoms with E-state index in [9.17, 15) is 5.11 Å². The van der Waals surface area contributed by atoms with E-state index in [0.717, 1.165) is 19.3 Å². The summed E-state index contributed by atoms with van der Waals surface area (Å²) in [5.41, 5.74) is 10.0. The van der Waals surface area contributed by atoms with E-state index < -0.39 is 0 Å². The van der Waals surface area contributed by atoms with E-state index in [1.54, 1.807) is 6.07 Å². The number of phenols is 1. The molecule has 0 fully saturated rings. The smallest absolute Gasteiger partial charge is 0.115 e. The van der Waals surface area contributed by atoms with Crippen molar-refractivity contribution in [1.29, 1.82) is 0 Å². The molecular formula is C10H12NO. The number of fused-ring (bicyclic) bond motifs is 1. The molecule has 2 rings (SSSR count). The predicted molar refractivity (Wildman–Crippen MR) is 47.0 cm³/mol. The van der Waals surface area contributed by atoms with Crippen molar-refractivity contribution in [2.24, 2.45) is 0 Å². The molecule has 0 aromatic heterocycles. The molecule has 0 spiro atoms. The molecule has 0 saturated carbocycles. The normalized spacial score (nSPS) is 21.9. The summed E-state index contributed by atoms with van der Waals surface area (Å²) >= 11 is 0. The first-order valence-electron chi connectivity index (χ1n) is 4.27. The molecule has 0 aliphatic heterocycles. The average molecular weight is 162 g/mol. The van der Waals surface area contributed by atoms with Gasteiger partial charge in [-0.25, -0.2) is 0 Å². The minimum Gasteiger partial charge on any atom is -0.508 e. The minimum absolute atomic E-state index is 0.0574. The molecule has 1 unspecified atom stereocenters. The molecule has 2 N–H and O–H groups in total. The Kier molecular flexibility index (Phi) is 1.77. The van der Waals surface area contributed by atoms with Gasteiger partial charge in [-0.1, -0.05) is 6.07 Å². The van der Waals surface area contributed by atoms with Crippen molar-refractivity contribution < 1.29 is 5.11 Å². The van der Waals surface area contributed by atoms with Crippen molar-refractivity contribution in [3.05, 3.63) is 29.3 Å². The lowest BCUT2D eigenvalue weighted by Gasteiger charge is -2.20. The van der Waals surface area contributed by atoms with Crippen LogP contribution < -0.4 is 5.73 Å². The summed E-state index contributed by atoms with van der Waals surface area (Å²) in [6.45, 7) is 0. The largest absolute Gasteiger partial charge is 0.508 e. The fraction of sp³-hybridized carbons (Fsp3) is 0.400. The van der Waals surface area contributed by atoms with Crippen LogP contribution in [0.25, 0.3) is 0 Å². The zero-order valence-electron chi connectivity index (χ0n) is 6.88. The highest BCUT2D eigenvalue weighted by Crippen LogP contribution is 2.24. The summed E-state index contributed by atoms with van der Waals surface area (Å²) in [5.74, 6) is 0.345. The van der Waals surface area contributed by atoms with Crippen molar-refractivity contribution in [3.8, 4) is 5.75 Å². The van der Waals surface area contributed by atoms with E-state index in [1.807, 2.05) is 12.1 Å². The van der Waals surface area contributed by atoms with Crippen LogP contribution in [0.1, 0.15) is 17.5 Å². The second kappa shape index (κ2) is 2.79. The van der Waals surface area contributed by atoms with Crippen LogP contribution in [0.3, 0.4) is 0 Å². The maximum absolute atomic E-state index is 9.21. The molecule has 1 atom stereocenters. The first-order chi connectivity index (χ1) is 5.75. The van der Waals surface area contributed by atoms with Gasteiger partial charge in [-0.3, -0.25) is 5.73 Å². The van der Waals surface area contributed by atoms with Gasteiger partial charge in [0.15, 0.2) is 0 Å². The molecule has 12 heavy (non-hydrogen) atoms. The van der Waals surface area contributed by atoms with Gasteiger partial charge in [0.05, 0.1) is 0 Å². The zero-order chi connectivity index (χ0) is 8.55. The molecule has 2 nitrogen and oxygen atoms in total. The van der Waals surface area contributed by atoms with E-state index in [-0.39, 0.29) is 6.04 Å². The third-order valence-corrected chi connectivity index (χ3v) is 2.42. The molecule has 0 amide bonds. The highest BCUT2D eigenvalue weighted by Gasteiger charge is 2.15. The van der Waals surface area contributed by atoms with Gasteiger partial charge in [-0.05, 0) is 42.5 Å². The van der Waals surface area contributed by atoms with Crippen LogP contribution in [0.2, 0.25) is 0 Å². The molecule has 1 aromatic carbocycles. The molecule has 0 bridgehead atoms. The molecular weight excluding hydrogens is 150 g/mol. The minimum atomic E-state index is 0.0574. The summed E-state index contributed by atoms with van der Waals surface area (Å²) in [4.78, 5) is 0. The quantitative estimate of drug-likeness (QED) is 0.617. The first-order valence-corrected chi connectivity index (χ1v) is 4.27. The molecule has 2 heteroatoms.